The minimum absolute atomic E-state index is 0.132. The van der Waals surface area contributed by atoms with Gasteiger partial charge < -0.3 is 28.5 Å². The van der Waals surface area contributed by atoms with Crippen LogP contribution in [0.4, 0.5) is 0 Å². The van der Waals surface area contributed by atoms with Crippen LogP contribution in [0.5, 0.6) is 0 Å². The van der Waals surface area contributed by atoms with E-state index in [9.17, 15) is 14.4 Å². The summed E-state index contributed by atoms with van der Waals surface area (Å²) >= 11 is 0. The van der Waals surface area contributed by atoms with Crippen molar-refractivity contribution in [2.24, 2.45) is 0 Å². The summed E-state index contributed by atoms with van der Waals surface area (Å²) in [7, 11) is 3.56. The SMILES string of the molecule is COC(=O)C1=C(C(=O)OC)C(c2ccccc2)N(C(C)(C(=O)OC)C2OC(C)(C)C(C)(C)O2)O1. The molecule has 10 heteroatoms. The number of esters is 3. The van der Waals surface area contributed by atoms with Crippen molar-refractivity contribution in [3.63, 3.8) is 0 Å². The molecule has 10 nitrogen and oxygen atoms in total. The molecule has 2 aliphatic heterocycles. The molecule has 1 aromatic rings. The van der Waals surface area contributed by atoms with Gasteiger partial charge in [0.1, 0.15) is 11.6 Å². The molecule has 0 aliphatic carbocycles. The Morgan fingerprint density at radius 3 is 1.88 bits per heavy atom. The molecule has 0 amide bonds. The third kappa shape index (κ3) is 3.95. The topological polar surface area (TPSA) is 110 Å². The van der Waals surface area contributed by atoms with E-state index in [0.717, 1.165) is 7.11 Å². The zero-order chi connectivity index (χ0) is 25.5. The quantitative estimate of drug-likeness (QED) is 0.447. The highest BCUT2D eigenvalue weighted by Gasteiger charge is 2.65. The second-order valence-electron chi connectivity index (χ2n) is 9.18. The van der Waals surface area contributed by atoms with Gasteiger partial charge >= 0.3 is 17.9 Å². The Bertz CT molecular complexity index is 985. The lowest BCUT2D eigenvalue weighted by molar-refractivity contribution is -0.268. The lowest BCUT2D eigenvalue weighted by atomic mass is 9.90. The van der Waals surface area contributed by atoms with Crippen molar-refractivity contribution in [1.82, 2.24) is 5.06 Å². The Balaban J connectivity index is 2.24. The second kappa shape index (κ2) is 9.01. The van der Waals surface area contributed by atoms with Crippen LogP contribution in [0.25, 0.3) is 0 Å². The van der Waals surface area contributed by atoms with Crippen LogP contribution in [-0.4, -0.2) is 67.3 Å². The number of benzene rings is 1. The fraction of sp³-hybridized carbons (Fsp3) is 0.542. The molecule has 0 saturated carbocycles. The highest BCUT2D eigenvalue weighted by molar-refractivity contribution is 6.01. The number of carbonyl (C=O) groups is 3. The van der Waals surface area contributed by atoms with Gasteiger partial charge in [-0.1, -0.05) is 30.3 Å². The van der Waals surface area contributed by atoms with Crippen molar-refractivity contribution in [2.45, 2.75) is 63.7 Å². The number of hydrogen-bond acceptors (Lipinski definition) is 10. The van der Waals surface area contributed by atoms with Crippen molar-refractivity contribution in [3.05, 3.63) is 47.2 Å². The number of ether oxygens (including phenoxy) is 5. The number of methoxy groups -OCH3 is 3. The van der Waals surface area contributed by atoms with Crippen molar-refractivity contribution in [2.75, 3.05) is 21.3 Å². The van der Waals surface area contributed by atoms with Crippen molar-refractivity contribution in [3.8, 4) is 0 Å². The lowest BCUT2D eigenvalue weighted by Crippen LogP contribution is -2.61. The van der Waals surface area contributed by atoms with E-state index in [2.05, 4.69) is 0 Å². The zero-order valence-corrected chi connectivity index (χ0v) is 20.7. The number of carbonyl (C=O) groups excluding carboxylic acids is 3. The maximum Gasteiger partial charge on any atom is 0.376 e. The van der Waals surface area contributed by atoms with Crippen LogP contribution in [-0.2, 0) is 42.9 Å². The summed E-state index contributed by atoms with van der Waals surface area (Å²) in [6.45, 7) is 8.85. The predicted octanol–water partition coefficient (Wildman–Crippen LogP) is 2.44. The van der Waals surface area contributed by atoms with Crippen LogP contribution < -0.4 is 0 Å². The lowest BCUT2D eigenvalue weighted by Gasteiger charge is -2.41. The highest BCUT2D eigenvalue weighted by Crippen LogP contribution is 2.49. The van der Waals surface area contributed by atoms with Crippen LogP contribution >= 0.6 is 0 Å². The van der Waals surface area contributed by atoms with Crippen LogP contribution in [0, 0.1) is 0 Å². The van der Waals surface area contributed by atoms with E-state index in [-0.39, 0.29) is 5.57 Å². The van der Waals surface area contributed by atoms with Gasteiger partial charge in [0.05, 0.1) is 32.5 Å². The van der Waals surface area contributed by atoms with Gasteiger partial charge in [0.25, 0.3) is 0 Å². The maximum atomic E-state index is 13.3. The molecule has 2 aliphatic rings. The average molecular weight is 478 g/mol. The molecule has 0 bridgehead atoms. The van der Waals surface area contributed by atoms with Crippen LogP contribution in [0.3, 0.4) is 0 Å². The van der Waals surface area contributed by atoms with Gasteiger partial charge in [0.2, 0.25) is 11.3 Å². The van der Waals surface area contributed by atoms with Gasteiger partial charge in [-0.05, 0) is 40.2 Å². The fourth-order valence-corrected chi connectivity index (χ4v) is 3.87. The molecule has 3 rings (SSSR count). The second-order valence-corrected chi connectivity index (χ2v) is 9.18. The molecule has 0 radical (unpaired) electrons. The minimum atomic E-state index is -1.77. The summed E-state index contributed by atoms with van der Waals surface area (Å²) in [6.07, 6.45) is -1.19. The van der Waals surface area contributed by atoms with Crippen LogP contribution in [0.1, 0.15) is 46.2 Å². The molecule has 1 aromatic carbocycles. The van der Waals surface area contributed by atoms with E-state index < -0.39 is 52.7 Å². The zero-order valence-electron chi connectivity index (χ0n) is 20.7. The van der Waals surface area contributed by atoms with Gasteiger partial charge in [0, 0.05) is 0 Å². The van der Waals surface area contributed by atoms with E-state index in [1.807, 2.05) is 27.7 Å². The van der Waals surface area contributed by atoms with E-state index in [0.29, 0.717) is 5.56 Å². The first-order valence-corrected chi connectivity index (χ1v) is 10.7. The summed E-state index contributed by atoms with van der Waals surface area (Å²) in [4.78, 5) is 44.8. The van der Waals surface area contributed by atoms with Crippen molar-refractivity contribution < 1.29 is 42.9 Å². The molecule has 2 heterocycles. The van der Waals surface area contributed by atoms with Gasteiger partial charge in [0.15, 0.2) is 6.29 Å². The smallest absolute Gasteiger partial charge is 0.376 e. The first-order valence-electron chi connectivity index (χ1n) is 10.7. The Hall–Kier alpha value is -2.95. The molecule has 34 heavy (non-hydrogen) atoms. The Kier molecular flexibility index (Phi) is 6.80. The summed E-state index contributed by atoms with van der Waals surface area (Å²) in [6, 6.07) is 7.70. The highest BCUT2D eigenvalue weighted by atomic mass is 16.8. The van der Waals surface area contributed by atoms with Crippen LogP contribution in [0.2, 0.25) is 0 Å². The average Bonchev–Trinajstić information content (AvgIpc) is 3.32. The van der Waals surface area contributed by atoms with Crippen molar-refractivity contribution >= 4 is 17.9 Å². The first-order chi connectivity index (χ1) is 15.9. The summed E-state index contributed by atoms with van der Waals surface area (Å²) < 4.78 is 27.3. The van der Waals surface area contributed by atoms with Gasteiger partial charge in [-0.2, -0.15) is 0 Å². The standard InChI is InChI=1S/C24H31NO9/c1-22(2)23(3,4)33-21(32-22)24(5,20(28)31-8)25-16(14-12-10-9-11-13-14)15(18(26)29-6)17(34-25)19(27)30-7/h9-13,16,21H,1-8H3. The third-order valence-electron chi connectivity index (χ3n) is 6.60. The monoisotopic (exact) mass is 477 g/mol. The molecule has 1 fully saturated rings. The minimum Gasteiger partial charge on any atom is -0.467 e. The Labute approximate surface area is 198 Å². The number of hydrogen-bond donors (Lipinski definition) is 0. The van der Waals surface area contributed by atoms with Gasteiger partial charge in [-0.15, -0.1) is 5.06 Å². The third-order valence-corrected chi connectivity index (χ3v) is 6.60. The van der Waals surface area contributed by atoms with E-state index in [4.69, 9.17) is 28.5 Å². The fourth-order valence-electron chi connectivity index (χ4n) is 3.87. The number of nitrogens with zero attached hydrogens (tertiary/aromatic N) is 1. The van der Waals surface area contributed by atoms with E-state index in [1.165, 1.54) is 26.2 Å². The molecule has 2 atom stereocenters. The number of rotatable bonds is 6. The maximum absolute atomic E-state index is 13.3. The molecule has 186 valence electrons. The summed E-state index contributed by atoms with van der Waals surface area (Å²) in [5.41, 5.74) is -2.94. The molecular weight excluding hydrogens is 446 g/mol. The largest absolute Gasteiger partial charge is 0.467 e. The Morgan fingerprint density at radius 1 is 0.882 bits per heavy atom. The molecule has 0 aromatic heterocycles. The van der Waals surface area contributed by atoms with E-state index in [1.54, 1.807) is 30.3 Å². The predicted molar refractivity (Wildman–Crippen MR) is 118 cm³/mol. The van der Waals surface area contributed by atoms with Crippen molar-refractivity contribution in [1.29, 1.82) is 0 Å². The van der Waals surface area contributed by atoms with Gasteiger partial charge in [-0.3, -0.25) is 0 Å². The van der Waals surface area contributed by atoms with E-state index >= 15 is 0 Å². The Morgan fingerprint density at radius 2 is 1.41 bits per heavy atom. The first kappa shape index (κ1) is 25.7. The summed E-state index contributed by atoms with van der Waals surface area (Å²) in [5.74, 6) is -2.90. The molecular formula is C24H31NO9. The summed E-state index contributed by atoms with van der Waals surface area (Å²) in [5, 5.41) is 1.19. The normalized spacial score (nSPS) is 23.7. The molecule has 0 spiro atoms. The molecule has 2 unspecified atom stereocenters. The van der Waals surface area contributed by atoms with Gasteiger partial charge in [-0.25, -0.2) is 14.4 Å². The number of hydroxylamine groups is 2. The molecule has 0 N–H and O–H groups in total. The molecule has 1 saturated heterocycles. The van der Waals surface area contributed by atoms with Crippen LogP contribution in [0.15, 0.2) is 41.7 Å².